The molecule has 2 aromatic rings. The topological polar surface area (TPSA) is 42.7 Å². The van der Waals surface area contributed by atoms with Gasteiger partial charge in [-0.05, 0) is 48.8 Å². The van der Waals surface area contributed by atoms with E-state index in [9.17, 15) is 0 Å². The maximum absolute atomic E-state index is 4.36. The van der Waals surface area contributed by atoms with Gasteiger partial charge in [0.1, 0.15) is 0 Å². The third kappa shape index (κ3) is 3.65. The Labute approximate surface area is 116 Å². The van der Waals surface area contributed by atoms with E-state index in [4.69, 9.17) is 0 Å². The molecule has 0 unspecified atom stereocenters. The summed E-state index contributed by atoms with van der Waals surface area (Å²) in [4.78, 5) is 4.36. The van der Waals surface area contributed by atoms with Crippen LogP contribution in [-0.4, -0.2) is 20.3 Å². The number of pyridine rings is 1. The third-order valence-corrected chi connectivity index (χ3v) is 2.83. The Hall–Kier alpha value is -1.20. The van der Waals surface area contributed by atoms with Crippen molar-refractivity contribution < 1.29 is 0 Å². The third-order valence-electron chi connectivity index (χ3n) is 2.42. The molecule has 2 rings (SSSR count). The highest BCUT2D eigenvalue weighted by Gasteiger charge is 2.09. The Morgan fingerprint density at radius 1 is 1.39 bits per heavy atom. The molecule has 0 saturated carbocycles. The highest BCUT2D eigenvalue weighted by Crippen LogP contribution is 2.13. The van der Waals surface area contributed by atoms with E-state index in [2.05, 4.69) is 52.1 Å². The lowest BCUT2D eigenvalue weighted by Gasteiger charge is -2.20. The van der Waals surface area contributed by atoms with Crippen molar-refractivity contribution in [1.29, 1.82) is 0 Å². The molecule has 0 bridgehead atoms. The van der Waals surface area contributed by atoms with Crippen molar-refractivity contribution in [2.45, 2.75) is 32.9 Å². The average Bonchev–Trinajstić information content (AvgIpc) is 2.73. The molecule has 18 heavy (non-hydrogen) atoms. The van der Waals surface area contributed by atoms with Crippen LogP contribution in [0.25, 0.3) is 5.69 Å². The van der Waals surface area contributed by atoms with E-state index in [0.717, 1.165) is 22.4 Å². The van der Waals surface area contributed by atoms with Gasteiger partial charge in [0.25, 0.3) is 0 Å². The normalized spacial score (nSPS) is 11.8. The van der Waals surface area contributed by atoms with Gasteiger partial charge in [0.15, 0.2) is 0 Å². The Kier molecular flexibility index (Phi) is 3.82. The minimum Gasteiger partial charge on any atom is -0.306 e. The van der Waals surface area contributed by atoms with E-state index in [-0.39, 0.29) is 5.54 Å². The van der Waals surface area contributed by atoms with E-state index in [1.54, 1.807) is 6.20 Å². The molecule has 0 atom stereocenters. The van der Waals surface area contributed by atoms with E-state index >= 15 is 0 Å². The molecular formula is C13H17BrN4. The number of aromatic nitrogens is 3. The van der Waals surface area contributed by atoms with Crippen LogP contribution >= 0.6 is 15.9 Å². The Morgan fingerprint density at radius 2 is 2.17 bits per heavy atom. The van der Waals surface area contributed by atoms with Crippen LogP contribution in [0.4, 0.5) is 0 Å². The van der Waals surface area contributed by atoms with Crippen molar-refractivity contribution in [3.8, 4) is 5.69 Å². The second-order valence-electron chi connectivity index (χ2n) is 5.21. The van der Waals surface area contributed by atoms with Crippen LogP contribution < -0.4 is 5.32 Å². The average molecular weight is 309 g/mol. The SMILES string of the molecule is CC(C)(C)NCc1cc(-n2cc(Br)cn2)ccn1. The Balaban J connectivity index is 2.15. The van der Waals surface area contributed by atoms with Gasteiger partial charge in [-0.15, -0.1) is 0 Å². The van der Waals surface area contributed by atoms with Crippen molar-refractivity contribution in [3.63, 3.8) is 0 Å². The van der Waals surface area contributed by atoms with Gasteiger partial charge in [-0.25, -0.2) is 4.68 Å². The monoisotopic (exact) mass is 308 g/mol. The fourth-order valence-electron chi connectivity index (χ4n) is 1.50. The molecule has 0 saturated heterocycles. The summed E-state index contributed by atoms with van der Waals surface area (Å²) < 4.78 is 2.79. The van der Waals surface area contributed by atoms with Crippen molar-refractivity contribution in [1.82, 2.24) is 20.1 Å². The molecule has 0 aromatic carbocycles. The van der Waals surface area contributed by atoms with Crippen LogP contribution in [-0.2, 0) is 6.54 Å². The fourth-order valence-corrected chi connectivity index (χ4v) is 1.79. The summed E-state index contributed by atoms with van der Waals surface area (Å²) in [5, 5.41) is 7.68. The molecule has 96 valence electrons. The second-order valence-corrected chi connectivity index (χ2v) is 6.13. The van der Waals surface area contributed by atoms with E-state index in [1.165, 1.54) is 0 Å². The maximum atomic E-state index is 4.36. The lowest BCUT2D eigenvalue weighted by atomic mass is 10.1. The quantitative estimate of drug-likeness (QED) is 0.948. The van der Waals surface area contributed by atoms with Crippen LogP contribution in [0.1, 0.15) is 26.5 Å². The van der Waals surface area contributed by atoms with Gasteiger partial charge in [-0.1, -0.05) is 0 Å². The van der Waals surface area contributed by atoms with Crippen molar-refractivity contribution in [2.24, 2.45) is 0 Å². The zero-order valence-corrected chi connectivity index (χ0v) is 12.4. The molecule has 4 nitrogen and oxygen atoms in total. The maximum Gasteiger partial charge on any atom is 0.0679 e. The first-order valence-corrected chi connectivity index (χ1v) is 6.64. The first kappa shape index (κ1) is 13.2. The van der Waals surface area contributed by atoms with Crippen LogP contribution in [0.15, 0.2) is 35.2 Å². The highest BCUT2D eigenvalue weighted by atomic mass is 79.9. The minimum absolute atomic E-state index is 0.0897. The summed E-state index contributed by atoms with van der Waals surface area (Å²) in [6, 6.07) is 3.98. The van der Waals surface area contributed by atoms with Gasteiger partial charge < -0.3 is 5.32 Å². The lowest BCUT2D eigenvalue weighted by Crippen LogP contribution is -2.35. The van der Waals surface area contributed by atoms with E-state index in [1.807, 2.05) is 29.2 Å². The molecule has 1 N–H and O–H groups in total. The van der Waals surface area contributed by atoms with Gasteiger partial charge in [0, 0.05) is 24.5 Å². The number of nitrogens with zero attached hydrogens (tertiary/aromatic N) is 3. The molecule has 5 heteroatoms. The highest BCUT2D eigenvalue weighted by molar-refractivity contribution is 9.10. The Bertz CT molecular complexity index is 528. The first-order chi connectivity index (χ1) is 8.44. The molecule has 0 radical (unpaired) electrons. The molecule has 0 amide bonds. The lowest BCUT2D eigenvalue weighted by molar-refractivity contribution is 0.421. The van der Waals surface area contributed by atoms with Gasteiger partial charge in [0.05, 0.1) is 22.1 Å². The number of rotatable bonds is 3. The zero-order valence-electron chi connectivity index (χ0n) is 10.8. The second kappa shape index (κ2) is 5.20. The molecular weight excluding hydrogens is 292 g/mol. The Morgan fingerprint density at radius 3 is 2.78 bits per heavy atom. The summed E-state index contributed by atoms with van der Waals surface area (Å²) in [5.41, 5.74) is 2.11. The molecule has 2 aromatic heterocycles. The van der Waals surface area contributed by atoms with E-state index in [0.29, 0.717) is 0 Å². The van der Waals surface area contributed by atoms with Crippen LogP contribution in [0.3, 0.4) is 0 Å². The molecule has 0 spiro atoms. The van der Waals surface area contributed by atoms with E-state index < -0.39 is 0 Å². The molecule has 0 aliphatic heterocycles. The summed E-state index contributed by atoms with van der Waals surface area (Å²) in [6.07, 6.45) is 5.51. The van der Waals surface area contributed by atoms with Gasteiger partial charge in [0.2, 0.25) is 0 Å². The van der Waals surface area contributed by atoms with Crippen molar-refractivity contribution in [2.75, 3.05) is 0 Å². The predicted octanol–water partition coefficient (Wildman–Crippen LogP) is 2.92. The van der Waals surface area contributed by atoms with Crippen LogP contribution in [0.5, 0.6) is 0 Å². The van der Waals surface area contributed by atoms with Crippen molar-refractivity contribution in [3.05, 3.63) is 40.9 Å². The predicted molar refractivity (Wildman–Crippen MR) is 75.7 cm³/mol. The first-order valence-electron chi connectivity index (χ1n) is 5.84. The number of hydrogen-bond acceptors (Lipinski definition) is 3. The van der Waals surface area contributed by atoms with Gasteiger partial charge in [-0.2, -0.15) is 5.10 Å². The number of nitrogens with one attached hydrogen (secondary N) is 1. The summed E-state index contributed by atoms with van der Waals surface area (Å²) in [5.74, 6) is 0. The summed E-state index contributed by atoms with van der Waals surface area (Å²) in [6.45, 7) is 7.17. The summed E-state index contributed by atoms with van der Waals surface area (Å²) >= 11 is 3.39. The largest absolute Gasteiger partial charge is 0.306 e. The van der Waals surface area contributed by atoms with Gasteiger partial charge >= 0.3 is 0 Å². The number of hydrogen-bond donors (Lipinski definition) is 1. The van der Waals surface area contributed by atoms with Gasteiger partial charge in [-0.3, -0.25) is 4.98 Å². The molecule has 0 fully saturated rings. The molecule has 0 aliphatic carbocycles. The minimum atomic E-state index is 0.0897. The summed E-state index contributed by atoms with van der Waals surface area (Å²) in [7, 11) is 0. The fraction of sp³-hybridized carbons (Fsp3) is 0.385. The van der Waals surface area contributed by atoms with Crippen LogP contribution in [0.2, 0.25) is 0 Å². The standard InChI is InChI=1S/C13H17BrN4/c1-13(2,3)16-8-11-6-12(4-5-15-11)18-9-10(14)7-17-18/h4-7,9,16H,8H2,1-3H3. The smallest absolute Gasteiger partial charge is 0.0679 e. The zero-order chi connectivity index (χ0) is 13.2. The number of halogens is 1. The van der Waals surface area contributed by atoms with Crippen molar-refractivity contribution >= 4 is 15.9 Å². The van der Waals surface area contributed by atoms with Crippen LogP contribution in [0, 0.1) is 0 Å². The molecule has 2 heterocycles. The molecule has 0 aliphatic rings.